The van der Waals surface area contributed by atoms with Gasteiger partial charge in [-0.1, -0.05) is 6.07 Å². The van der Waals surface area contributed by atoms with Crippen molar-refractivity contribution in [3.8, 4) is 5.75 Å². The normalized spacial score (nSPS) is 12.4. The number of carboxylic acid groups (broad SMARTS) is 1. The van der Waals surface area contributed by atoms with Crippen LogP contribution in [0.15, 0.2) is 35.0 Å². The first-order chi connectivity index (χ1) is 11.5. The number of methoxy groups -OCH3 is 1. The number of ether oxygens (including phenoxy) is 1. The van der Waals surface area contributed by atoms with Gasteiger partial charge in [-0.25, -0.2) is 0 Å². The Bertz CT molecular complexity index is 917. The summed E-state index contributed by atoms with van der Waals surface area (Å²) in [6, 6.07) is 4.96. The van der Waals surface area contributed by atoms with Crippen LogP contribution in [-0.2, 0) is 4.79 Å². The number of hydrogen-bond donors (Lipinski definition) is 1. The molecule has 8 heteroatoms. The quantitative estimate of drug-likeness (QED) is 0.545. The molecule has 0 saturated carbocycles. The van der Waals surface area contributed by atoms with Crippen LogP contribution in [0.4, 0.5) is 0 Å². The largest absolute Gasteiger partial charge is 0.493 e. The number of furan rings is 1. The number of nitro groups is 1. The van der Waals surface area contributed by atoms with E-state index in [1.807, 2.05) is 0 Å². The number of hydrogen-bond acceptors (Lipinski definition) is 6. The lowest BCUT2D eigenvalue weighted by atomic mass is 9.91. The molecule has 1 aromatic carbocycles. The van der Waals surface area contributed by atoms with E-state index in [-0.39, 0.29) is 6.42 Å². The lowest BCUT2D eigenvalue weighted by molar-refractivity contribution is -0.483. The molecule has 0 saturated heterocycles. The minimum Gasteiger partial charge on any atom is -0.493 e. The Labute approximate surface area is 135 Å². The maximum absolute atomic E-state index is 11.1. The first-order valence-electron chi connectivity index (χ1n) is 7.18. The second-order valence-electron chi connectivity index (χ2n) is 5.35. The zero-order chi connectivity index (χ0) is 17.3. The van der Waals surface area contributed by atoms with E-state index < -0.39 is 23.4 Å². The lowest BCUT2D eigenvalue weighted by Gasteiger charge is -2.13. The Kier molecular flexibility index (Phi) is 4.03. The zero-order valence-corrected chi connectivity index (χ0v) is 12.8. The summed E-state index contributed by atoms with van der Waals surface area (Å²) in [5, 5.41) is 21.4. The van der Waals surface area contributed by atoms with Gasteiger partial charge in [-0.3, -0.25) is 19.9 Å². The van der Waals surface area contributed by atoms with Gasteiger partial charge in [0.05, 0.1) is 19.4 Å². The summed E-state index contributed by atoms with van der Waals surface area (Å²) in [5.74, 6) is -1.41. The van der Waals surface area contributed by atoms with E-state index in [0.29, 0.717) is 33.3 Å². The van der Waals surface area contributed by atoms with Crippen molar-refractivity contribution in [1.29, 1.82) is 0 Å². The SMILES string of the molecule is COc1ccc(C(CC(=O)O)C[N+](=O)[O-])c2c1oc1ccncc12. The van der Waals surface area contributed by atoms with Gasteiger partial charge in [0.1, 0.15) is 5.58 Å². The number of carbonyl (C=O) groups is 1. The number of rotatable bonds is 6. The van der Waals surface area contributed by atoms with Gasteiger partial charge in [0, 0.05) is 28.1 Å². The molecule has 0 radical (unpaired) electrons. The van der Waals surface area contributed by atoms with E-state index in [9.17, 15) is 14.9 Å². The zero-order valence-electron chi connectivity index (χ0n) is 12.8. The fourth-order valence-electron chi connectivity index (χ4n) is 2.89. The molecule has 0 aliphatic rings. The topological polar surface area (TPSA) is 116 Å². The van der Waals surface area contributed by atoms with Crippen LogP contribution in [0, 0.1) is 10.1 Å². The van der Waals surface area contributed by atoms with Gasteiger partial charge in [-0.05, 0) is 17.7 Å². The maximum atomic E-state index is 11.1. The van der Waals surface area contributed by atoms with Gasteiger partial charge < -0.3 is 14.3 Å². The van der Waals surface area contributed by atoms with Crippen LogP contribution in [0.2, 0.25) is 0 Å². The molecule has 24 heavy (non-hydrogen) atoms. The predicted octanol–water partition coefficient (Wildman–Crippen LogP) is 2.82. The molecule has 1 atom stereocenters. The highest BCUT2D eigenvalue weighted by atomic mass is 16.6. The second kappa shape index (κ2) is 6.15. The summed E-state index contributed by atoms with van der Waals surface area (Å²) < 4.78 is 11.1. The van der Waals surface area contributed by atoms with E-state index in [2.05, 4.69) is 4.98 Å². The molecule has 1 N–H and O–H groups in total. The van der Waals surface area contributed by atoms with E-state index in [0.717, 1.165) is 0 Å². The second-order valence-corrected chi connectivity index (χ2v) is 5.35. The van der Waals surface area contributed by atoms with Crippen LogP contribution in [0.5, 0.6) is 5.75 Å². The molecular weight excluding hydrogens is 316 g/mol. The highest BCUT2D eigenvalue weighted by Crippen LogP contribution is 2.40. The van der Waals surface area contributed by atoms with Crippen molar-refractivity contribution in [3.05, 3.63) is 46.3 Å². The number of pyridine rings is 1. The van der Waals surface area contributed by atoms with E-state index >= 15 is 0 Å². The van der Waals surface area contributed by atoms with Crippen molar-refractivity contribution in [2.24, 2.45) is 0 Å². The molecule has 2 heterocycles. The fraction of sp³-hybridized carbons (Fsp3) is 0.250. The summed E-state index contributed by atoms with van der Waals surface area (Å²) in [6.07, 6.45) is 2.81. The molecule has 0 spiro atoms. The van der Waals surface area contributed by atoms with Crippen LogP contribution in [0.25, 0.3) is 21.9 Å². The van der Waals surface area contributed by atoms with Crippen LogP contribution >= 0.6 is 0 Å². The number of aliphatic carboxylic acids is 1. The summed E-state index contributed by atoms with van der Waals surface area (Å²) in [7, 11) is 1.49. The third kappa shape index (κ3) is 2.73. The number of benzene rings is 1. The van der Waals surface area contributed by atoms with Crippen LogP contribution < -0.4 is 4.74 Å². The number of fused-ring (bicyclic) bond motifs is 3. The van der Waals surface area contributed by atoms with Gasteiger partial charge in [-0.2, -0.15) is 0 Å². The number of nitrogens with zero attached hydrogens (tertiary/aromatic N) is 2. The molecule has 124 valence electrons. The number of carboxylic acids is 1. The summed E-state index contributed by atoms with van der Waals surface area (Å²) in [4.78, 5) is 25.7. The standard InChI is InChI=1S/C16H14N2O6/c1-23-13-3-2-10(9(6-14(19)20)8-18(21)22)15-11-7-17-5-4-12(11)24-16(13)15/h2-5,7,9H,6,8H2,1H3,(H,19,20). The van der Waals surface area contributed by atoms with E-state index in [4.69, 9.17) is 14.3 Å². The van der Waals surface area contributed by atoms with Crippen molar-refractivity contribution < 1.29 is 24.0 Å². The molecule has 8 nitrogen and oxygen atoms in total. The third-order valence-corrected chi connectivity index (χ3v) is 3.87. The maximum Gasteiger partial charge on any atom is 0.304 e. The van der Waals surface area contributed by atoms with Crippen molar-refractivity contribution in [1.82, 2.24) is 4.98 Å². The molecular formula is C16H14N2O6. The first-order valence-corrected chi connectivity index (χ1v) is 7.18. The van der Waals surface area contributed by atoms with Crippen LogP contribution in [-0.4, -0.2) is 34.6 Å². The summed E-state index contributed by atoms with van der Waals surface area (Å²) >= 11 is 0. The monoisotopic (exact) mass is 330 g/mol. The van der Waals surface area contributed by atoms with E-state index in [1.54, 1.807) is 30.6 Å². The van der Waals surface area contributed by atoms with Gasteiger partial charge in [-0.15, -0.1) is 0 Å². The Morgan fingerprint density at radius 1 is 1.46 bits per heavy atom. The molecule has 1 unspecified atom stereocenters. The third-order valence-electron chi connectivity index (χ3n) is 3.87. The van der Waals surface area contributed by atoms with Gasteiger partial charge in [0.2, 0.25) is 6.54 Å². The molecule has 0 amide bonds. The average Bonchev–Trinajstić information content (AvgIpc) is 2.92. The molecule has 0 bridgehead atoms. The molecule has 0 fully saturated rings. The predicted molar refractivity (Wildman–Crippen MR) is 84.9 cm³/mol. The molecule has 0 aliphatic heterocycles. The van der Waals surface area contributed by atoms with E-state index in [1.165, 1.54) is 7.11 Å². The van der Waals surface area contributed by atoms with Crippen LogP contribution in [0.3, 0.4) is 0 Å². The molecule has 3 rings (SSSR count). The van der Waals surface area contributed by atoms with Crippen molar-refractivity contribution in [2.45, 2.75) is 12.3 Å². The number of aromatic nitrogens is 1. The minimum absolute atomic E-state index is 0.352. The Hall–Kier alpha value is -3.16. The van der Waals surface area contributed by atoms with Crippen molar-refractivity contribution >= 4 is 27.9 Å². The Morgan fingerprint density at radius 3 is 2.92 bits per heavy atom. The highest BCUT2D eigenvalue weighted by molar-refractivity contribution is 6.08. The highest BCUT2D eigenvalue weighted by Gasteiger charge is 2.26. The average molecular weight is 330 g/mol. The fourth-order valence-corrected chi connectivity index (χ4v) is 2.89. The molecule has 3 aromatic rings. The summed E-state index contributed by atoms with van der Waals surface area (Å²) in [5.41, 5.74) is 1.52. The van der Waals surface area contributed by atoms with Gasteiger partial charge >= 0.3 is 5.97 Å². The van der Waals surface area contributed by atoms with Crippen LogP contribution in [0.1, 0.15) is 17.9 Å². The smallest absolute Gasteiger partial charge is 0.304 e. The van der Waals surface area contributed by atoms with Gasteiger partial charge in [0.15, 0.2) is 11.3 Å². The Morgan fingerprint density at radius 2 is 2.25 bits per heavy atom. The van der Waals surface area contributed by atoms with Crippen molar-refractivity contribution in [3.63, 3.8) is 0 Å². The van der Waals surface area contributed by atoms with Crippen molar-refractivity contribution in [2.75, 3.05) is 13.7 Å². The summed E-state index contributed by atoms with van der Waals surface area (Å²) in [6.45, 7) is -0.485. The molecule has 2 aromatic heterocycles. The Balaban J connectivity index is 2.29. The first kappa shape index (κ1) is 15.7. The minimum atomic E-state index is -1.10. The molecule has 0 aliphatic carbocycles. The lowest BCUT2D eigenvalue weighted by Crippen LogP contribution is -2.16. The van der Waals surface area contributed by atoms with Gasteiger partial charge in [0.25, 0.3) is 0 Å².